The summed E-state index contributed by atoms with van der Waals surface area (Å²) in [5, 5.41) is 12.2. The quantitative estimate of drug-likeness (QED) is 0.213. The number of nitrogens with two attached hydrogens (primary N) is 1. The number of aliphatic hydroxyl groups excluding tert-OH is 1. The average molecular weight is 475 g/mol. The zero-order valence-electron chi connectivity index (χ0n) is 15.8. The zero-order valence-corrected chi connectivity index (χ0v) is 18.2. The minimum Gasteiger partial charge on any atom is -0.396 e. The van der Waals surface area contributed by atoms with Crippen LogP contribution in [0.4, 0.5) is 11.4 Å². The number of hydrogen-bond donors (Lipinski definition) is 4. The molecule has 3 aromatic rings. The van der Waals surface area contributed by atoms with Gasteiger partial charge in [-0.3, -0.25) is 14.2 Å². The van der Waals surface area contributed by atoms with Gasteiger partial charge < -0.3 is 16.2 Å². The Morgan fingerprint density at radius 1 is 1.10 bits per heavy atom. The maximum Gasteiger partial charge on any atom is 0.269 e. The van der Waals surface area contributed by atoms with E-state index in [-0.39, 0.29) is 18.0 Å². The van der Waals surface area contributed by atoms with Gasteiger partial charge in [-0.05, 0) is 54.8 Å². The first-order valence-electron chi connectivity index (χ1n) is 9.30. The molecule has 0 fully saturated rings. The average Bonchev–Trinajstić information content (AvgIpc) is 3.08. The Labute approximate surface area is 181 Å². The molecular formula is C21H23BrN4O2S. The van der Waals surface area contributed by atoms with Crippen LogP contribution in [0.5, 0.6) is 0 Å². The first-order chi connectivity index (χ1) is 14.1. The summed E-state index contributed by atoms with van der Waals surface area (Å²) in [6.07, 6.45) is 2.01. The standard InChI is InChI=1S/C21H23BrN4O2S/c22-15-5-9-17(10-6-15)25-16-7-3-14(4-8-16)13-18-19(21(28)26-29-18)20(23)24-11-1-2-12-27/h3-10,25,27H,1-2,11-13H2,(H2,23,24)(H,26,28). The maximum absolute atomic E-state index is 12.2. The molecule has 0 radical (unpaired) electrons. The van der Waals surface area contributed by atoms with Crippen molar-refractivity contribution in [3.8, 4) is 0 Å². The zero-order chi connectivity index (χ0) is 20.6. The lowest BCUT2D eigenvalue weighted by atomic mass is 10.1. The van der Waals surface area contributed by atoms with E-state index in [2.05, 4.69) is 30.6 Å². The number of rotatable bonds is 9. The van der Waals surface area contributed by atoms with Crippen LogP contribution < -0.4 is 16.6 Å². The SMILES string of the molecule is NC(=NCCCCO)c1c(Cc2ccc(Nc3ccc(Br)cc3)cc2)s[nH]c1=O. The molecule has 0 bridgehead atoms. The van der Waals surface area contributed by atoms with Gasteiger partial charge in [-0.25, -0.2) is 0 Å². The van der Waals surface area contributed by atoms with E-state index < -0.39 is 0 Å². The number of nitrogens with one attached hydrogen (secondary N) is 2. The molecule has 1 heterocycles. The van der Waals surface area contributed by atoms with E-state index in [4.69, 9.17) is 10.8 Å². The van der Waals surface area contributed by atoms with E-state index in [0.717, 1.165) is 32.7 Å². The van der Waals surface area contributed by atoms with E-state index in [9.17, 15) is 4.79 Å². The summed E-state index contributed by atoms with van der Waals surface area (Å²) in [5.74, 6) is 0.258. The van der Waals surface area contributed by atoms with Crippen LogP contribution in [0, 0.1) is 0 Å². The third kappa shape index (κ3) is 6.03. The Morgan fingerprint density at radius 3 is 2.41 bits per heavy atom. The van der Waals surface area contributed by atoms with Gasteiger partial charge in [0.05, 0.1) is 5.56 Å². The van der Waals surface area contributed by atoms with E-state index in [1.54, 1.807) is 0 Å². The second-order valence-electron chi connectivity index (χ2n) is 6.53. The van der Waals surface area contributed by atoms with Crippen LogP contribution in [0.3, 0.4) is 0 Å². The second-order valence-corrected chi connectivity index (χ2v) is 8.35. The highest BCUT2D eigenvalue weighted by Crippen LogP contribution is 2.21. The molecule has 0 spiro atoms. The normalized spacial score (nSPS) is 11.6. The van der Waals surface area contributed by atoms with E-state index in [0.29, 0.717) is 24.9 Å². The van der Waals surface area contributed by atoms with Gasteiger partial charge in [0.25, 0.3) is 5.56 Å². The molecule has 0 saturated heterocycles. The van der Waals surface area contributed by atoms with Crippen LogP contribution in [0.2, 0.25) is 0 Å². The van der Waals surface area contributed by atoms with Crippen LogP contribution in [-0.2, 0) is 6.42 Å². The van der Waals surface area contributed by atoms with Crippen molar-refractivity contribution in [2.75, 3.05) is 18.5 Å². The molecule has 3 rings (SSSR count). The van der Waals surface area contributed by atoms with Crippen LogP contribution >= 0.6 is 27.5 Å². The van der Waals surface area contributed by atoms with Gasteiger partial charge in [-0.2, -0.15) is 0 Å². The Hall–Kier alpha value is -2.42. The topological polar surface area (TPSA) is 104 Å². The van der Waals surface area contributed by atoms with Crippen molar-refractivity contribution < 1.29 is 5.11 Å². The summed E-state index contributed by atoms with van der Waals surface area (Å²) in [7, 11) is 0. The predicted octanol–water partition coefficient (Wildman–Crippen LogP) is 4.01. The molecule has 0 amide bonds. The lowest BCUT2D eigenvalue weighted by Gasteiger charge is -2.08. The van der Waals surface area contributed by atoms with Crippen LogP contribution in [0.15, 0.2) is 62.8 Å². The Kier molecular flexibility index (Phi) is 7.62. The Morgan fingerprint density at radius 2 is 1.76 bits per heavy atom. The van der Waals surface area contributed by atoms with Crippen LogP contribution in [0.25, 0.3) is 0 Å². The molecule has 0 aliphatic carbocycles. The number of nitrogens with zero attached hydrogens (tertiary/aromatic N) is 1. The third-order valence-electron chi connectivity index (χ3n) is 4.33. The van der Waals surface area contributed by atoms with Gasteiger partial charge in [0.2, 0.25) is 0 Å². The Balaban J connectivity index is 1.69. The molecule has 0 aliphatic heterocycles. The molecule has 152 valence electrons. The van der Waals surface area contributed by atoms with Gasteiger partial charge in [0.1, 0.15) is 5.84 Å². The molecule has 29 heavy (non-hydrogen) atoms. The van der Waals surface area contributed by atoms with E-state index in [1.165, 1.54) is 11.5 Å². The molecule has 2 aromatic carbocycles. The summed E-state index contributed by atoms with van der Waals surface area (Å²) >= 11 is 4.72. The first kappa shape index (κ1) is 21.3. The molecule has 0 atom stereocenters. The lowest BCUT2D eigenvalue weighted by Crippen LogP contribution is -2.23. The molecule has 6 nitrogen and oxygen atoms in total. The summed E-state index contributed by atoms with van der Waals surface area (Å²) in [5.41, 5.74) is 9.39. The van der Waals surface area contributed by atoms with Crippen molar-refractivity contribution >= 4 is 44.7 Å². The van der Waals surface area contributed by atoms with Gasteiger partial charge in [-0.15, -0.1) is 0 Å². The number of amidine groups is 1. The number of anilines is 2. The minimum absolute atomic E-state index is 0.131. The number of aliphatic hydroxyl groups is 1. The highest BCUT2D eigenvalue weighted by atomic mass is 79.9. The summed E-state index contributed by atoms with van der Waals surface area (Å²) in [4.78, 5) is 17.3. The van der Waals surface area contributed by atoms with Gasteiger partial charge in [-0.1, -0.05) is 39.6 Å². The van der Waals surface area contributed by atoms with Crippen LogP contribution in [-0.4, -0.2) is 28.5 Å². The number of aromatic amines is 1. The number of halogens is 1. The van der Waals surface area contributed by atoms with Gasteiger partial charge >= 0.3 is 0 Å². The molecule has 0 unspecified atom stereocenters. The minimum atomic E-state index is -0.207. The number of benzene rings is 2. The van der Waals surface area contributed by atoms with E-state index in [1.807, 2.05) is 48.5 Å². The fourth-order valence-electron chi connectivity index (χ4n) is 2.81. The lowest BCUT2D eigenvalue weighted by molar-refractivity contribution is 0.285. The highest BCUT2D eigenvalue weighted by Gasteiger charge is 2.14. The van der Waals surface area contributed by atoms with Crippen molar-refractivity contribution in [2.24, 2.45) is 10.7 Å². The number of H-pyrrole nitrogens is 1. The van der Waals surface area contributed by atoms with Gasteiger partial charge in [0.15, 0.2) is 0 Å². The molecule has 1 aromatic heterocycles. The van der Waals surface area contributed by atoms with Gasteiger partial charge in [0, 0.05) is 40.3 Å². The maximum atomic E-state index is 12.2. The smallest absolute Gasteiger partial charge is 0.269 e. The predicted molar refractivity (Wildman–Crippen MR) is 124 cm³/mol. The third-order valence-corrected chi connectivity index (χ3v) is 5.74. The molecule has 0 aliphatic rings. The second kappa shape index (κ2) is 10.4. The summed E-state index contributed by atoms with van der Waals surface area (Å²) < 4.78 is 3.80. The monoisotopic (exact) mass is 474 g/mol. The largest absolute Gasteiger partial charge is 0.396 e. The number of aromatic nitrogens is 1. The molecule has 5 N–H and O–H groups in total. The summed E-state index contributed by atoms with van der Waals surface area (Å²) in [6.45, 7) is 0.629. The fraction of sp³-hybridized carbons (Fsp3) is 0.238. The van der Waals surface area contributed by atoms with Crippen molar-refractivity contribution in [1.29, 1.82) is 0 Å². The fourth-order valence-corrected chi connectivity index (χ4v) is 3.93. The number of aliphatic imine (C=N–C) groups is 1. The molecular weight excluding hydrogens is 452 g/mol. The number of unbranched alkanes of at least 4 members (excludes halogenated alkanes) is 1. The molecule has 8 heteroatoms. The van der Waals surface area contributed by atoms with Crippen molar-refractivity contribution in [3.05, 3.63) is 79.4 Å². The van der Waals surface area contributed by atoms with Crippen molar-refractivity contribution in [2.45, 2.75) is 19.3 Å². The highest BCUT2D eigenvalue weighted by molar-refractivity contribution is 9.10. The Bertz CT molecular complexity index is 1010. The molecule has 0 saturated carbocycles. The van der Waals surface area contributed by atoms with Crippen molar-refractivity contribution in [3.63, 3.8) is 0 Å². The van der Waals surface area contributed by atoms with E-state index >= 15 is 0 Å². The number of hydrogen-bond acceptors (Lipinski definition) is 5. The van der Waals surface area contributed by atoms with Crippen LogP contribution in [0.1, 0.15) is 28.8 Å². The first-order valence-corrected chi connectivity index (χ1v) is 10.9. The summed E-state index contributed by atoms with van der Waals surface area (Å²) in [6, 6.07) is 16.1. The van der Waals surface area contributed by atoms with Crippen molar-refractivity contribution in [1.82, 2.24) is 4.37 Å².